The van der Waals surface area contributed by atoms with Crippen molar-refractivity contribution in [2.75, 3.05) is 19.8 Å². The molecule has 1 saturated carbocycles. The summed E-state index contributed by atoms with van der Waals surface area (Å²) in [6, 6.07) is 2.12. The van der Waals surface area contributed by atoms with Crippen LogP contribution in [0.15, 0.2) is 0 Å². The van der Waals surface area contributed by atoms with E-state index in [2.05, 4.69) is 6.07 Å². The SMILES string of the molecule is N#CCCCOCC1CCCC1CN. The molecule has 0 aromatic carbocycles. The van der Waals surface area contributed by atoms with Crippen molar-refractivity contribution in [2.24, 2.45) is 17.6 Å². The number of hydrogen-bond acceptors (Lipinski definition) is 3. The molecule has 1 fully saturated rings. The zero-order valence-electron chi connectivity index (χ0n) is 8.74. The molecule has 1 rings (SSSR count). The molecule has 1 aliphatic carbocycles. The van der Waals surface area contributed by atoms with Gasteiger partial charge in [0.15, 0.2) is 0 Å². The summed E-state index contributed by atoms with van der Waals surface area (Å²) in [7, 11) is 0. The molecule has 0 aliphatic heterocycles. The van der Waals surface area contributed by atoms with Crippen LogP contribution >= 0.6 is 0 Å². The third-order valence-electron chi connectivity index (χ3n) is 3.03. The second-order valence-electron chi connectivity index (χ2n) is 4.02. The third kappa shape index (κ3) is 3.65. The Morgan fingerprint density at radius 3 is 2.86 bits per heavy atom. The molecule has 0 heterocycles. The Balaban J connectivity index is 2.03. The average Bonchev–Trinajstić information content (AvgIpc) is 2.65. The fourth-order valence-electron chi connectivity index (χ4n) is 2.13. The molecule has 0 radical (unpaired) electrons. The number of ether oxygens (including phenoxy) is 1. The van der Waals surface area contributed by atoms with Crippen LogP contribution in [0.2, 0.25) is 0 Å². The van der Waals surface area contributed by atoms with Crippen molar-refractivity contribution >= 4 is 0 Å². The van der Waals surface area contributed by atoms with Crippen molar-refractivity contribution in [3.63, 3.8) is 0 Å². The van der Waals surface area contributed by atoms with E-state index in [0.717, 1.165) is 26.2 Å². The summed E-state index contributed by atoms with van der Waals surface area (Å²) < 4.78 is 5.55. The van der Waals surface area contributed by atoms with E-state index in [1.54, 1.807) is 0 Å². The lowest BCUT2D eigenvalue weighted by Crippen LogP contribution is -2.22. The predicted octanol–water partition coefficient (Wildman–Crippen LogP) is 1.68. The molecule has 0 amide bonds. The molecule has 80 valence electrons. The van der Waals surface area contributed by atoms with Crippen LogP contribution < -0.4 is 5.73 Å². The highest BCUT2D eigenvalue weighted by molar-refractivity contribution is 4.77. The van der Waals surface area contributed by atoms with Gasteiger partial charge in [-0.15, -0.1) is 0 Å². The minimum atomic E-state index is 0.602. The number of rotatable bonds is 6. The monoisotopic (exact) mass is 196 g/mol. The molecular formula is C11H20N2O. The molecule has 2 atom stereocenters. The van der Waals surface area contributed by atoms with E-state index in [1.165, 1.54) is 19.3 Å². The van der Waals surface area contributed by atoms with Crippen LogP contribution in [0, 0.1) is 23.2 Å². The van der Waals surface area contributed by atoms with E-state index in [4.69, 9.17) is 15.7 Å². The second kappa shape index (κ2) is 6.80. The summed E-state index contributed by atoms with van der Waals surface area (Å²) in [6.07, 6.45) is 5.29. The number of unbranched alkanes of at least 4 members (excludes halogenated alkanes) is 1. The van der Waals surface area contributed by atoms with Gasteiger partial charge in [-0.2, -0.15) is 5.26 Å². The minimum Gasteiger partial charge on any atom is -0.381 e. The average molecular weight is 196 g/mol. The molecular weight excluding hydrogens is 176 g/mol. The van der Waals surface area contributed by atoms with Crippen LogP contribution in [0.4, 0.5) is 0 Å². The molecule has 1 aliphatic rings. The van der Waals surface area contributed by atoms with Crippen LogP contribution in [0.3, 0.4) is 0 Å². The van der Waals surface area contributed by atoms with Crippen molar-refractivity contribution in [3.05, 3.63) is 0 Å². The van der Waals surface area contributed by atoms with Gasteiger partial charge in [-0.1, -0.05) is 6.42 Å². The molecule has 3 nitrogen and oxygen atoms in total. The van der Waals surface area contributed by atoms with E-state index in [1.807, 2.05) is 0 Å². The van der Waals surface area contributed by atoms with Crippen LogP contribution in [0.5, 0.6) is 0 Å². The summed E-state index contributed by atoms with van der Waals surface area (Å²) in [5, 5.41) is 8.34. The van der Waals surface area contributed by atoms with Gasteiger partial charge >= 0.3 is 0 Å². The fraction of sp³-hybridized carbons (Fsp3) is 0.909. The maximum Gasteiger partial charge on any atom is 0.0622 e. The zero-order valence-corrected chi connectivity index (χ0v) is 8.74. The molecule has 0 saturated heterocycles. The smallest absolute Gasteiger partial charge is 0.0622 e. The first kappa shape index (κ1) is 11.5. The number of nitrogens with zero attached hydrogens (tertiary/aromatic N) is 1. The van der Waals surface area contributed by atoms with E-state index in [9.17, 15) is 0 Å². The van der Waals surface area contributed by atoms with Gasteiger partial charge in [-0.3, -0.25) is 0 Å². The van der Waals surface area contributed by atoms with Gasteiger partial charge in [0.25, 0.3) is 0 Å². The summed E-state index contributed by atoms with van der Waals surface area (Å²) >= 11 is 0. The zero-order chi connectivity index (χ0) is 10.2. The quantitative estimate of drug-likeness (QED) is 0.657. The van der Waals surface area contributed by atoms with E-state index in [0.29, 0.717) is 18.3 Å². The third-order valence-corrected chi connectivity index (χ3v) is 3.03. The Labute approximate surface area is 86.2 Å². The van der Waals surface area contributed by atoms with Crippen molar-refractivity contribution in [1.82, 2.24) is 0 Å². The molecule has 2 unspecified atom stereocenters. The Bertz CT molecular complexity index is 188. The lowest BCUT2D eigenvalue weighted by Gasteiger charge is -2.17. The van der Waals surface area contributed by atoms with Crippen molar-refractivity contribution in [1.29, 1.82) is 5.26 Å². The lowest BCUT2D eigenvalue weighted by atomic mass is 9.97. The molecule has 0 bridgehead atoms. The highest BCUT2D eigenvalue weighted by atomic mass is 16.5. The largest absolute Gasteiger partial charge is 0.381 e. The highest BCUT2D eigenvalue weighted by Crippen LogP contribution is 2.30. The maximum absolute atomic E-state index is 8.34. The molecule has 0 aromatic rings. The Hall–Kier alpha value is -0.590. The second-order valence-corrected chi connectivity index (χ2v) is 4.02. The van der Waals surface area contributed by atoms with Gasteiger partial charge in [0.05, 0.1) is 6.07 Å². The molecule has 14 heavy (non-hydrogen) atoms. The lowest BCUT2D eigenvalue weighted by molar-refractivity contribution is 0.0859. The van der Waals surface area contributed by atoms with Crippen molar-refractivity contribution in [2.45, 2.75) is 32.1 Å². The molecule has 3 heteroatoms. The van der Waals surface area contributed by atoms with Crippen LogP contribution in [0.1, 0.15) is 32.1 Å². The number of hydrogen-bond donors (Lipinski definition) is 1. The molecule has 0 spiro atoms. The minimum absolute atomic E-state index is 0.602. The fourth-order valence-corrected chi connectivity index (χ4v) is 2.13. The number of nitriles is 1. The van der Waals surface area contributed by atoms with Crippen molar-refractivity contribution in [3.8, 4) is 6.07 Å². The van der Waals surface area contributed by atoms with Crippen molar-refractivity contribution < 1.29 is 4.74 Å². The topological polar surface area (TPSA) is 59.0 Å². The van der Waals surface area contributed by atoms with Gasteiger partial charge in [-0.25, -0.2) is 0 Å². The Morgan fingerprint density at radius 1 is 1.36 bits per heavy atom. The van der Waals surface area contributed by atoms with E-state index in [-0.39, 0.29) is 0 Å². The molecule has 2 N–H and O–H groups in total. The first-order valence-corrected chi connectivity index (χ1v) is 5.53. The van der Waals surface area contributed by atoms with Gasteiger partial charge in [0.1, 0.15) is 0 Å². The summed E-state index contributed by atoms with van der Waals surface area (Å²) in [4.78, 5) is 0. The summed E-state index contributed by atoms with van der Waals surface area (Å²) in [5.41, 5.74) is 5.68. The van der Waals surface area contributed by atoms with E-state index >= 15 is 0 Å². The first-order valence-electron chi connectivity index (χ1n) is 5.53. The van der Waals surface area contributed by atoms with Gasteiger partial charge in [0, 0.05) is 19.6 Å². The van der Waals surface area contributed by atoms with Gasteiger partial charge in [0.2, 0.25) is 0 Å². The number of nitrogens with two attached hydrogens (primary N) is 1. The summed E-state index contributed by atoms with van der Waals surface area (Å²) in [6.45, 7) is 2.36. The first-order chi connectivity index (χ1) is 6.88. The highest BCUT2D eigenvalue weighted by Gasteiger charge is 2.25. The Kier molecular flexibility index (Phi) is 5.58. The van der Waals surface area contributed by atoms with Crippen LogP contribution in [0.25, 0.3) is 0 Å². The Morgan fingerprint density at radius 2 is 2.14 bits per heavy atom. The van der Waals surface area contributed by atoms with Gasteiger partial charge < -0.3 is 10.5 Å². The standard InChI is InChI=1S/C11H20N2O/c12-6-1-2-7-14-9-11-5-3-4-10(11)8-13/h10-11H,1-5,7-9,13H2. The van der Waals surface area contributed by atoms with Gasteiger partial charge in [-0.05, 0) is 37.6 Å². The summed E-state index contributed by atoms with van der Waals surface area (Å²) in [5.74, 6) is 1.34. The maximum atomic E-state index is 8.34. The normalized spacial score (nSPS) is 26.3. The van der Waals surface area contributed by atoms with Crippen LogP contribution in [-0.2, 0) is 4.74 Å². The van der Waals surface area contributed by atoms with E-state index < -0.39 is 0 Å². The molecule has 0 aromatic heterocycles. The predicted molar refractivity (Wildman–Crippen MR) is 55.6 cm³/mol. The van der Waals surface area contributed by atoms with Crippen LogP contribution in [-0.4, -0.2) is 19.8 Å².